The van der Waals surface area contributed by atoms with Crippen molar-refractivity contribution in [2.24, 2.45) is 5.92 Å². The molecule has 6 rings (SSSR count). The summed E-state index contributed by atoms with van der Waals surface area (Å²) in [6.07, 6.45) is 1.38. The highest BCUT2D eigenvalue weighted by molar-refractivity contribution is 5.82. The molecule has 2 aromatic carbocycles. The number of nitrogens with zero attached hydrogens (tertiary/aromatic N) is 4. The number of carbonyl (C=O) groups is 1. The van der Waals surface area contributed by atoms with E-state index in [0.29, 0.717) is 55.8 Å². The summed E-state index contributed by atoms with van der Waals surface area (Å²) < 4.78 is 46.1. The van der Waals surface area contributed by atoms with E-state index in [2.05, 4.69) is 4.98 Å². The van der Waals surface area contributed by atoms with Crippen LogP contribution in [0, 0.1) is 24.5 Å². The summed E-state index contributed by atoms with van der Waals surface area (Å²) in [7, 11) is 1.59. The van der Waals surface area contributed by atoms with Gasteiger partial charge in [0.2, 0.25) is 0 Å². The number of fused-ring (bicyclic) bond motifs is 1. The van der Waals surface area contributed by atoms with E-state index in [9.17, 15) is 13.6 Å². The Bertz CT molecular complexity index is 1610. The van der Waals surface area contributed by atoms with Crippen LogP contribution < -0.4 is 9.47 Å². The van der Waals surface area contributed by atoms with Gasteiger partial charge in [-0.25, -0.2) is 18.4 Å². The number of pyridine rings is 1. The molecule has 2 aliphatic rings. The molecule has 2 aliphatic heterocycles. The fraction of sp³-hybridized carbons (Fsp3) is 0.344. The molecule has 224 valence electrons. The highest BCUT2D eigenvalue weighted by Gasteiger charge is 2.37. The number of Topliss-reactive ketones (excluding diaryl/α,β-unsaturated/α-hetero) is 1. The summed E-state index contributed by atoms with van der Waals surface area (Å²) in [5, 5.41) is 6.64. The fourth-order valence-corrected chi connectivity index (χ4v) is 5.59. The Balaban J connectivity index is 1.29. The molecule has 0 radical (unpaired) electrons. The van der Waals surface area contributed by atoms with E-state index in [1.54, 1.807) is 23.1 Å². The van der Waals surface area contributed by atoms with E-state index < -0.39 is 17.7 Å². The Kier molecular flexibility index (Phi) is 8.46. The van der Waals surface area contributed by atoms with Gasteiger partial charge < -0.3 is 14.2 Å². The summed E-state index contributed by atoms with van der Waals surface area (Å²) >= 11 is 0. The zero-order chi connectivity index (χ0) is 29.9. The number of ketones is 1. The Hall–Kier alpha value is -4.19. The molecule has 4 aromatic rings. The van der Waals surface area contributed by atoms with Crippen LogP contribution in [0.2, 0.25) is 0 Å². The van der Waals surface area contributed by atoms with Crippen molar-refractivity contribution in [3.05, 3.63) is 89.2 Å². The molecular weight excluding hydrogens is 558 g/mol. The third-order valence-corrected chi connectivity index (χ3v) is 7.72. The Morgan fingerprint density at radius 2 is 1.88 bits per heavy atom. The van der Waals surface area contributed by atoms with Crippen LogP contribution in [-0.2, 0) is 20.8 Å². The number of benzene rings is 2. The van der Waals surface area contributed by atoms with Gasteiger partial charge in [0.15, 0.2) is 17.4 Å². The molecule has 0 bridgehead atoms. The smallest absolute Gasteiger partial charge is 0.257 e. The third-order valence-electron chi connectivity index (χ3n) is 7.72. The number of aromatic nitrogens is 3. The van der Waals surface area contributed by atoms with Gasteiger partial charge in [0, 0.05) is 50.7 Å². The van der Waals surface area contributed by atoms with Crippen LogP contribution in [0.15, 0.2) is 60.8 Å². The van der Waals surface area contributed by atoms with Gasteiger partial charge in [-0.15, -0.1) is 0 Å². The van der Waals surface area contributed by atoms with Crippen molar-refractivity contribution < 1.29 is 32.6 Å². The highest BCUT2D eigenvalue weighted by atomic mass is 19.2. The van der Waals surface area contributed by atoms with Crippen LogP contribution in [0.1, 0.15) is 29.3 Å². The first-order chi connectivity index (χ1) is 20.9. The summed E-state index contributed by atoms with van der Waals surface area (Å²) in [6, 6.07) is 15.2. The molecular formula is C32H32F2N4O5. The molecule has 0 unspecified atom stereocenters. The third kappa shape index (κ3) is 6.15. The van der Waals surface area contributed by atoms with Crippen LogP contribution >= 0.6 is 0 Å². The number of hydrogen-bond donors (Lipinski definition) is 0. The zero-order valence-electron chi connectivity index (χ0n) is 24.0. The van der Waals surface area contributed by atoms with Crippen molar-refractivity contribution in [2.75, 3.05) is 40.0 Å². The van der Waals surface area contributed by atoms with E-state index in [4.69, 9.17) is 24.1 Å². The molecule has 11 heteroatoms. The van der Waals surface area contributed by atoms with Gasteiger partial charge in [0.1, 0.15) is 25.1 Å². The number of ether oxygens (including phenoxy) is 3. The van der Waals surface area contributed by atoms with E-state index in [1.165, 1.54) is 6.07 Å². The average Bonchev–Trinajstić information content (AvgIpc) is 3.57. The summed E-state index contributed by atoms with van der Waals surface area (Å²) in [5.74, 6) is -1.19. The summed E-state index contributed by atoms with van der Waals surface area (Å²) in [5.41, 5.74) is 4.33. The van der Waals surface area contributed by atoms with Crippen molar-refractivity contribution >= 4 is 5.78 Å². The number of carbonyl (C=O) groups excluding carboxylic acids is 1. The normalized spacial score (nSPS) is 18.2. The molecule has 2 aromatic heterocycles. The van der Waals surface area contributed by atoms with Crippen molar-refractivity contribution in [2.45, 2.75) is 25.9 Å². The minimum Gasteiger partial charge on any atom is -0.484 e. The van der Waals surface area contributed by atoms with Crippen molar-refractivity contribution in [3.63, 3.8) is 0 Å². The van der Waals surface area contributed by atoms with E-state index in [0.717, 1.165) is 34.6 Å². The lowest BCUT2D eigenvalue weighted by Crippen LogP contribution is -2.24. The number of hydroxylamine groups is 2. The van der Waals surface area contributed by atoms with E-state index in [-0.39, 0.29) is 24.5 Å². The zero-order valence-corrected chi connectivity index (χ0v) is 24.0. The van der Waals surface area contributed by atoms with Crippen LogP contribution in [0.25, 0.3) is 16.9 Å². The summed E-state index contributed by atoms with van der Waals surface area (Å²) in [4.78, 5) is 24.2. The second-order valence-corrected chi connectivity index (χ2v) is 10.7. The van der Waals surface area contributed by atoms with Gasteiger partial charge in [-0.05, 0) is 48.4 Å². The molecule has 4 heterocycles. The van der Waals surface area contributed by atoms with Gasteiger partial charge in [0.25, 0.3) is 5.88 Å². The Morgan fingerprint density at radius 3 is 2.67 bits per heavy atom. The number of halogens is 2. The Morgan fingerprint density at radius 1 is 1.07 bits per heavy atom. The largest absolute Gasteiger partial charge is 0.484 e. The molecule has 1 fully saturated rings. The predicted molar refractivity (Wildman–Crippen MR) is 153 cm³/mol. The molecule has 0 aliphatic carbocycles. The van der Waals surface area contributed by atoms with Crippen LogP contribution in [0.4, 0.5) is 8.78 Å². The molecule has 43 heavy (non-hydrogen) atoms. The van der Waals surface area contributed by atoms with Gasteiger partial charge in [-0.2, -0.15) is 10.2 Å². The van der Waals surface area contributed by atoms with Crippen molar-refractivity contribution in [1.82, 2.24) is 19.8 Å². The topological polar surface area (TPSA) is 87.9 Å². The second kappa shape index (κ2) is 12.6. The first-order valence-corrected chi connectivity index (χ1v) is 14.2. The minimum absolute atomic E-state index is 0.0261. The molecule has 1 saturated heterocycles. The van der Waals surface area contributed by atoms with E-state index >= 15 is 0 Å². The highest BCUT2D eigenvalue weighted by Crippen LogP contribution is 2.38. The van der Waals surface area contributed by atoms with Gasteiger partial charge in [-0.1, -0.05) is 24.3 Å². The maximum Gasteiger partial charge on any atom is 0.257 e. The SMILES string of the molecule is COCCN1C[C@@H](CC(=O)Cc2c(C)c(-c3cnc4c(c3)OCCO4)nn2-c2ccccc2)[C@H](c2ccc(F)c(F)c2)O1. The van der Waals surface area contributed by atoms with Crippen molar-refractivity contribution in [3.8, 4) is 28.6 Å². The molecule has 0 saturated carbocycles. The second-order valence-electron chi connectivity index (χ2n) is 10.7. The van der Waals surface area contributed by atoms with Crippen molar-refractivity contribution in [1.29, 1.82) is 0 Å². The van der Waals surface area contributed by atoms with Crippen LogP contribution in [-0.4, -0.2) is 65.6 Å². The lowest BCUT2D eigenvalue weighted by Gasteiger charge is -2.18. The fourth-order valence-electron chi connectivity index (χ4n) is 5.59. The standard InChI is InChI=1S/C32H32F2N4O5/c1-20-28(17-25(39)14-23-19-37(10-11-40-2)43-31(23)21-8-9-26(33)27(34)15-21)38(24-6-4-3-5-7-24)36-30(20)22-16-29-32(35-18-22)42-13-12-41-29/h3-9,15-16,18,23,31H,10-14,17,19H2,1-2H3/t23-,31+/m1/s1. The maximum absolute atomic E-state index is 14.1. The predicted octanol–water partition coefficient (Wildman–Crippen LogP) is 5.04. The first kappa shape index (κ1) is 28.9. The van der Waals surface area contributed by atoms with Gasteiger partial charge in [0.05, 0.1) is 23.7 Å². The summed E-state index contributed by atoms with van der Waals surface area (Å²) in [6.45, 7) is 4.18. The molecule has 0 spiro atoms. The number of methoxy groups -OCH3 is 1. The van der Waals surface area contributed by atoms with E-state index in [1.807, 2.05) is 43.3 Å². The lowest BCUT2D eigenvalue weighted by molar-refractivity contribution is -0.155. The molecule has 9 nitrogen and oxygen atoms in total. The Labute approximate surface area is 247 Å². The minimum atomic E-state index is -0.954. The average molecular weight is 591 g/mol. The quantitative estimate of drug-likeness (QED) is 0.254. The first-order valence-electron chi connectivity index (χ1n) is 14.2. The monoisotopic (exact) mass is 590 g/mol. The molecule has 2 atom stereocenters. The maximum atomic E-state index is 14.1. The molecule has 0 amide bonds. The number of rotatable bonds is 10. The molecule has 0 N–H and O–H groups in total. The lowest BCUT2D eigenvalue weighted by atomic mass is 9.90. The number of para-hydroxylation sites is 1. The van der Waals surface area contributed by atoms with Crippen LogP contribution in [0.3, 0.4) is 0 Å². The van der Waals surface area contributed by atoms with Crippen LogP contribution in [0.5, 0.6) is 11.6 Å². The number of hydrogen-bond acceptors (Lipinski definition) is 8. The van der Waals surface area contributed by atoms with Gasteiger partial charge in [-0.3, -0.25) is 9.63 Å². The van der Waals surface area contributed by atoms with Gasteiger partial charge >= 0.3 is 0 Å².